The molecule has 0 bridgehead atoms. The Morgan fingerprint density at radius 3 is 2.61 bits per heavy atom. The normalized spacial score (nSPS) is 13.8. The first kappa shape index (κ1) is 14.5. The molecule has 0 unspecified atom stereocenters. The minimum atomic E-state index is -0.520. The summed E-state index contributed by atoms with van der Waals surface area (Å²) >= 11 is 0. The van der Waals surface area contributed by atoms with E-state index >= 15 is 0 Å². The number of nitrogens with zero attached hydrogens (tertiary/aromatic N) is 2. The average molecular weight is 251 g/mol. The van der Waals surface area contributed by atoms with E-state index in [0.717, 1.165) is 12.8 Å². The highest BCUT2D eigenvalue weighted by atomic mass is 16.2. The van der Waals surface area contributed by atoms with E-state index in [2.05, 4.69) is 22.2 Å². The molecular weight excluding hydrogens is 230 g/mol. The Bertz CT molecular complexity index is 348. The zero-order valence-corrected chi connectivity index (χ0v) is 10.9. The van der Waals surface area contributed by atoms with Crippen molar-refractivity contribution < 1.29 is 9.59 Å². The van der Waals surface area contributed by atoms with Crippen LogP contribution in [0.4, 0.5) is 4.79 Å². The number of hydrogen-bond acceptors (Lipinski definition) is 2. The highest BCUT2D eigenvalue weighted by Gasteiger charge is 2.11. The number of amides is 3. The first-order chi connectivity index (χ1) is 8.72. The lowest BCUT2D eigenvalue weighted by molar-refractivity contribution is -0.119. The maximum absolute atomic E-state index is 11.5. The van der Waals surface area contributed by atoms with Crippen LogP contribution in [0.15, 0.2) is 9.98 Å². The highest BCUT2D eigenvalue weighted by Crippen LogP contribution is 2.04. The van der Waals surface area contributed by atoms with Gasteiger partial charge in [-0.05, 0) is 6.42 Å². The van der Waals surface area contributed by atoms with E-state index in [1.807, 2.05) is 0 Å². The topological polar surface area (TPSA) is 70.9 Å². The molecule has 1 heterocycles. The van der Waals surface area contributed by atoms with Crippen LogP contribution in [0.25, 0.3) is 0 Å². The summed E-state index contributed by atoms with van der Waals surface area (Å²) in [7, 11) is 0. The lowest BCUT2D eigenvalue weighted by Crippen LogP contribution is -2.26. The van der Waals surface area contributed by atoms with Gasteiger partial charge in [0, 0.05) is 6.54 Å². The monoisotopic (exact) mass is 251 g/mol. The molecule has 1 N–H and O–H groups in total. The number of nitrogens with one attached hydrogen (secondary N) is 1. The maximum atomic E-state index is 11.5. The Hall–Kier alpha value is -1.52. The molecular formula is C13H21N3O2. The molecule has 5 heteroatoms. The molecule has 100 valence electrons. The number of carbonyl (C=O) groups is 2. The molecule has 18 heavy (non-hydrogen) atoms. The lowest BCUT2D eigenvalue weighted by Gasteiger charge is -2.04. The molecule has 1 aliphatic rings. The fourth-order valence-corrected chi connectivity index (χ4v) is 1.76. The molecule has 0 aromatic rings. The number of carbonyl (C=O) groups excluding carboxylic acids is 2. The number of unbranched alkanes of at least 4 members (excludes halogenated alkanes) is 5. The summed E-state index contributed by atoms with van der Waals surface area (Å²) in [5.41, 5.74) is 0.445. The van der Waals surface area contributed by atoms with Gasteiger partial charge in [0.2, 0.25) is 5.91 Å². The lowest BCUT2D eigenvalue weighted by atomic mass is 10.1. The number of hydrogen-bond donors (Lipinski definition) is 1. The van der Waals surface area contributed by atoms with Crippen molar-refractivity contribution >= 4 is 23.9 Å². The van der Waals surface area contributed by atoms with Gasteiger partial charge in [-0.15, -0.1) is 0 Å². The van der Waals surface area contributed by atoms with Crippen molar-refractivity contribution in [2.24, 2.45) is 9.98 Å². The predicted octanol–water partition coefficient (Wildman–Crippen LogP) is 2.50. The first-order valence-electron chi connectivity index (χ1n) is 6.64. The Morgan fingerprint density at radius 2 is 1.94 bits per heavy atom. The molecule has 3 amide bonds. The van der Waals surface area contributed by atoms with E-state index in [1.54, 1.807) is 0 Å². The summed E-state index contributed by atoms with van der Waals surface area (Å²) in [6.07, 6.45) is 8.71. The van der Waals surface area contributed by atoms with Gasteiger partial charge in [-0.1, -0.05) is 39.0 Å². The Morgan fingerprint density at radius 1 is 1.22 bits per heavy atom. The van der Waals surface area contributed by atoms with Gasteiger partial charge in [0.1, 0.15) is 0 Å². The average Bonchev–Trinajstić information content (AvgIpc) is 2.73. The van der Waals surface area contributed by atoms with E-state index in [-0.39, 0.29) is 12.3 Å². The minimum absolute atomic E-state index is 0.0940. The van der Waals surface area contributed by atoms with Crippen LogP contribution in [0.3, 0.4) is 0 Å². The van der Waals surface area contributed by atoms with Crippen molar-refractivity contribution in [3.8, 4) is 0 Å². The molecule has 0 aromatic carbocycles. The summed E-state index contributed by atoms with van der Waals surface area (Å²) in [6, 6.07) is -0.520. The molecule has 0 atom stereocenters. The van der Waals surface area contributed by atoms with Gasteiger partial charge >= 0.3 is 6.03 Å². The van der Waals surface area contributed by atoms with Crippen molar-refractivity contribution in [1.29, 1.82) is 0 Å². The SMILES string of the molecule is CCCCCCCCNC(=O)CC1=NC(=O)N=C1. The van der Waals surface area contributed by atoms with Crippen LogP contribution in [0.1, 0.15) is 51.9 Å². The van der Waals surface area contributed by atoms with Crippen LogP contribution in [0.2, 0.25) is 0 Å². The summed E-state index contributed by atoms with van der Waals surface area (Å²) in [5.74, 6) is -0.0940. The van der Waals surface area contributed by atoms with E-state index in [4.69, 9.17) is 0 Å². The maximum Gasteiger partial charge on any atom is 0.367 e. The molecule has 0 aromatic heterocycles. The molecule has 0 radical (unpaired) electrons. The van der Waals surface area contributed by atoms with Gasteiger partial charge < -0.3 is 5.32 Å². The smallest absolute Gasteiger partial charge is 0.356 e. The zero-order valence-electron chi connectivity index (χ0n) is 10.9. The van der Waals surface area contributed by atoms with Crippen molar-refractivity contribution in [2.45, 2.75) is 51.9 Å². The van der Waals surface area contributed by atoms with Crippen LogP contribution in [0, 0.1) is 0 Å². The first-order valence-corrected chi connectivity index (χ1v) is 6.64. The van der Waals surface area contributed by atoms with Crippen molar-refractivity contribution in [3.05, 3.63) is 0 Å². The minimum Gasteiger partial charge on any atom is -0.356 e. The van der Waals surface area contributed by atoms with Crippen molar-refractivity contribution in [2.75, 3.05) is 6.54 Å². The Labute approximate surface area is 108 Å². The largest absolute Gasteiger partial charge is 0.367 e. The zero-order chi connectivity index (χ0) is 13.2. The molecule has 5 nitrogen and oxygen atoms in total. The third-order valence-electron chi connectivity index (χ3n) is 2.76. The van der Waals surface area contributed by atoms with Crippen LogP contribution < -0.4 is 5.32 Å². The summed E-state index contributed by atoms with van der Waals surface area (Å²) in [5, 5.41) is 2.82. The van der Waals surface area contributed by atoms with Crippen LogP contribution in [-0.4, -0.2) is 30.4 Å². The van der Waals surface area contributed by atoms with Gasteiger partial charge in [-0.3, -0.25) is 4.79 Å². The third-order valence-corrected chi connectivity index (χ3v) is 2.76. The molecule has 0 saturated carbocycles. The van der Waals surface area contributed by atoms with Gasteiger partial charge in [0.25, 0.3) is 0 Å². The summed E-state index contributed by atoms with van der Waals surface area (Å²) in [6.45, 7) is 2.89. The molecule has 1 rings (SSSR count). The second-order valence-electron chi connectivity index (χ2n) is 4.44. The molecule has 0 spiro atoms. The van der Waals surface area contributed by atoms with Crippen molar-refractivity contribution in [1.82, 2.24) is 5.32 Å². The van der Waals surface area contributed by atoms with E-state index in [0.29, 0.717) is 12.3 Å². The number of rotatable bonds is 9. The van der Waals surface area contributed by atoms with Gasteiger partial charge in [0.05, 0.1) is 18.3 Å². The van der Waals surface area contributed by atoms with E-state index in [9.17, 15) is 9.59 Å². The number of urea groups is 1. The Balaban J connectivity index is 1.99. The standard InChI is InChI=1S/C13H21N3O2/c1-2-3-4-5-6-7-8-14-12(17)9-11-10-15-13(18)16-11/h10H,2-9H2,1H3,(H,14,17). The molecule has 0 aliphatic carbocycles. The van der Waals surface area contributed by atoms with E-state index in [1.165, 1.54) is 31.9 Å². The molecule has 1 aliphatic heterocycles. The quantitative estimate of drug-likeness (QED) is 0.639. The molecule has 0 fully saturated rings. The molecule has 0 saturated heterocycles. The second kappa shape index (κ2) is 8.55. The summed E-state index contributed by atoms with van der Waals surface area (Å²) < 4.78 is 0. The van der Waals surface area contributed by atoms with Gasteiger partial charge in [-0.25, -0.2) is 4.79 Å². The second-order valence-corrected chi connectivity index (χ2v) is 4.44. The van der Waals surface area contributed by atoms with Crippen molar-refractivity contribution in [3.63, 3.8) is 0 Å². The van der Waals surface area contributed by atoms with Crippen LogP contribution in [-0.2, 0) is 4.79 Å². The fourth-order valence-electron chi connectivity index (χ4n) is 1.76. The Kier molecular flexibility index (Phi) is 6.91. The van der Waals surface area contributed by atoms with Gasteiger partial charge in [0.15, 0.2) is 0 Å². The van der Waals surface area contributed by atoms with E-state index < -0.39 is 6.03 Å². The van der Waals surface area contributed by atoms with Crippen LogP contribution >= 0.6 is 0 Å². The highest BCUT2D eigenvalue weighted by molar-refractivity contribution is 6.40. The number of aliphatic imine (C=N–C) groups is 2. The fraction of sp³-hybridized carbons (Fsp3) is 0.692. The third kappa shape index (κ3) is 6.27. The predicted molar refractivity (Wildman–Crippen MR) is 72.3 cm³/mol. The van der Waals surface area contributed by atoms with Crippen LogP contribution in [0.5, 0.6) is 0 Å². The van der Waals surface area contributed by atoms with Gasteiger partial charge in [-0.2, -0.15) is 9.98 Å². The summed E-state index contributed by atoms with van der Waals surface area (Å²) in [4.78, 5) is 29.2.